The van der Waals surface area contributed by atoms with Gasteiger partial charge in [-0.3, -0.25) is 0 Å². The summed E-state index contributed by atoms with van der Waals surface area (Å²) in [4.78, 5) is 0. The van der Waals surface area contributed by atoms with Gasteiger partial charge in [-0.15, -0.1) is 0 Å². The zero-order chi connectivity index (χ0) is 34.1. The fourth-order valence-electron chi connectivity index (χ4n) is 8.42. The Morgan fingerprint density at radius 1 is 0.314 bits per heavy atom. The Morgan fingerprint density at radius 3 is 1.57 bits per heavy atom. The number of aromatic nitrogens is 1. The smallest absolute Gasteiger partial charge is 0.0541 e. The minimum atomic E-state index is 1.17. The standard InChI is InChI=1S/C50H35N/c1-32-14-6-7-17-38(32)46-31-36(34-25-27-50-48(28-34)44-22-12-13-23-49(44)51(50)37-15-4-3-5-16-37)30-45(33(46)2)35-24-26-43-41-20-9-8-18-39(41)40-19-10-11-21-42(40)47(43)29-35/h3-31H,1-2H3. The number of nitrogens with zero attached hydrogens (tertiary/aromatic N) is 1. The molecule has 51 heavy (non-hydrogen) atoms. The molecule has 0 aliphatic heterocycles. The highest BCUT2D eigenvalue weighted by Crippen LogP contribution is 2.42. The molecule has 1 heteroatoms. The molecule has 0 atom stereocenters. The Hall–Kier alpha value is -6.44. The molecular formula is C50H35N. The third-order valence-electron chi connectivity index (χ3n) is 10.9. The Bertz CT molecular complexity index is 2940. The second-order valence-electron chi connectivity index (χ2n) is 13.8. The molecule has 10 rings (SSSR count). The predicted octanol–water partition coefficient (Wildman–Crippen LogP) is 13.9. The van der Waals surface area contributed by atoms with Crippen LogP contribution in [-0.2, 0) is 0 Å². The predicted molar refractivity (Wildman–Crippen MR) is 219 cm³/mol. The monoisotopic (exact) mass is 649 g/mol. The summed E-state index contributed by atoms with van der Waals surface area (Å²) in [5, 5.41) is 10.3. The van der Waals surface area contributed by atoms with Crippen molar-refractivity contribution in [2.24, 2.45) is 0 Å². The van der Waals surface area contributed by atoms with E-state index >= 15 is 0 Å². The van der Waals surface area contributed by atoms with Gasteiger partial charge >= 0.3 is 0 Å². The number of fused-ring (bicyclic) bond motifs is 9. The summed E-state index contributed by atoms with van der Waals surface area (Å²) in [6.07, 6.45) is 0. The van der Waals surface area contributed by atoms with Gasteiger partial charge in [0.1, 0.15) is 0 Å². The van der Waals surface area contributed by atoms with Crippen LogP contribution in [0.5, 0.6) is 0 Å². The van der Waals surface area contributed by atoms with E-state index < -0.39 is 0 Å². The first-order valence-electron chi connectivity index (χ1n) is 17.8. The molecule has 9 aromatic carbocycles. The Morgan fingerprint density at radius 2 is 0.843 bits per heavy atom. The van der Waals surface area contributed by atoms with Crippen molar-refractivity contribution in [1.29, 1.82) is 0 Å². The van der Waals surface area contributed by atoms with Crippen LogP contribution in [0.4, 0.5) is 0 Å². The van der Waals surface area contributed by atoms with E-state index in [-0.39, 0.29) is 0 Å². The van der Waals surface area contributed by atoms with Gasteiger partial charge in [-0.05, 0) is 139 Å². The molecule has 1 aromatic heterocycles. The largest absolute Gasteiger partial charge is 0.309 e. The third-order valence-corrected chi connectivity index (χ3v) is 10.9. The molecule has 0 aliphatic rings. The molecule has 0 spiro atoms. The maximum absolute atomic E-state index is 2.43. The van der Waals surface area contributed by atoms with Crippen molar-refractivity contribution in [3.63, 3.8) is 0 Å². The maximum Gasteiger partial charge on any atom is 0.0541 e. The topological polar surface area (TPSA) is 4.93 Å². The maximum atomic E-state index is 2.43. The van der Waals surface area contributed by atoms with Crippen LogP contribution >= 0.6 is 0 Å². The molecule has 0 saturated carbocycles. The number of aryl methyl sites for hydroxylation is 1. The average Bonchev–Trinajstić information content (AvgIpc) is 3.52. The van der Waals surface area contributed by atoms with Crippen molar-refractivity contribution in [2.75, 3.05) is 0 Å². The summed E-state index contributed by atoms with van der Waals surface area (Å²) in [6.45, 7) is 4.51. The second kappa shape index (κ2) is 11.6. The van der Waals surface area contributed by atoms with Gasteiger partial charge < -0.3 is 4.57 Å². The highest BCUT2D eigenvalue weighted by Gasteiger charge is 2.18. The Balaban J connectivity index is 1.24. The van der Waals surface area contributed by atoms with E-state index in [0.717, 1.165) is 0 Å². The van der Waals surface area contributed by atoms with E-state index in [1.165, 1.54) is 104 Å². The lowest BCUT2D eigenvalue weighted by molar-refractivity contribution is 1.18. The van der Waals surface area contributed by atoms with Crippen molar-refractivity contribution in [2.45, 2.75) is 13.8 Å². The lowest BCUT2D eigenvalue weighted by Gasteiger charge is -2.18. The summed E-state index contributed by atoms with van der Waals surface area (Å²) in [7, 11) is 0. The molecule has 0 radical (unpaired) electrons. The zero-order valence-corrected chi connectivity index (χ0v) is 28.7. The molecule has 10 aromatic rings. The summed E-state index contributed by atoms with van der Waals surface area (Å²) in [5.41, 5.74) is 13.7. The minimum Gasteiger partial charge on any atom is -0.309 e. The molecule has 0 unspecified atom stereocenters. The number of hydrogen-bond donors (Lipinski definition) is 0. The number of rotatable bonds is 4. The average molecular weight is 650 g/mol. The van der Waals surface area contributed by atoms with Crippen LogP contribution < -0.4 is 0 Å². The molecule has 0 aliphatic carbocycles. The quantitative estimate of drug-likeness (QED) is 0.167. The van der Waals surface area contributed by atoms with Gasteiger partial charge in [0.15, 0.2) is 0 Å². The minimum absolute atomic E-state index is 1.17. The molecule has 0 fully saturated rings. The normalized spacial score (nSPS) is 11.7. The number of hydrogen-bond acceptors (Lipinski definition) is 0. The second-order valence-corrected chi connectivity index (χ2v) is 13.8. The first-order chi connectivity index (χ1) is 25.1. The summed E-state index contributed by atoms with van der Waals surface area (Å²) >= 11 is 0. The number of para-hydroxylation sites is 2. The first-order valence-corrected chi connectivity index (χ1v) is 17.8. The van der Waals surface area contributed by atoms with Crippen molar-refractivity contribution >= 4 is 54.1 Å². The third kappa shape index (κ3) is 4.62. The van der Waals surface area contributed by atoms with E-state index in [4.69, 9.17) is 0 Å². The molecule has 1 nitrogen and oxygen atoms in total. The van der Waals surface area contributed by atoms with Gasteiger partial charge in [0.25, 0.3) is 0 Å². The zero-order valence-electron chi connectivity index (χ0n) is 28.7. The van der Waals surface area contributed by atoms with Crippen molar-refractivity contribution in [1.82, 2.24) is 4.57 Å². The van der Waals surface area contributed by atoms with Crippen LogP contribution in [0.15, 0.2) is 176 Å². The van der Waals surface area contributed by atoms with Gasteiger partial charge in [-0.2, -0.15) is 0 Å². The van der Waals surface area contributed by atoms with Crippen LogP contribution in [0, 0.1) is 13.8 Å². The van der Waals surface area contributed by atoms with Gasteiger partial charge in [-0.1, -0.05) is 127 Å². The summed E-state index contributed by atoms with van der Waals surface area (Å²) in [5.74, 6) is 0. The molecule has 0 amide bonds. The molecule has 240 valence electrons. The van der Waals surface area contributed by atoms with E-state index in [2.05, 4.69) is 194 Å². The van der Waals surface area contributed by atoms with Crippen molar-refractivity contribution in [3.8, 4) is 39.1 Å². The van der Waals surface area contributed by atoms with E-state index in [1.54, 1.807) is 0 Å². The summed E-state index contributed by atoms with van der Waals surface area (Å²) < 4.78 is 2.39. The van der Waals surface area contributed by atoms with Gasteiger partial charge in [0, 0.05) is 16.5 Å². The molecule has 0 saturated heterocycles. The highest BCUT2D eigenvalue weighted by atomic mass is 15.0. The van der Waals surface area contributed by atoms with Crippen LogP contribution in [0.2, 0.25) is 0 Å². The fourth-order valence-corrected chi connectivity index (χ4v) is 8.42. The van der Waals surface area contributed by atoms with Crippen LogP contribution in [-0.4, -0.2) is 4.57 Å². The SMILES string of the molecule is Cc1ccccc1-c1cc(-c2ccc3c(c2)c2ccccc2n3-c2ccccc2)cc(-c2ccc3c4ccccc4c4ccccc4c3c2)c1C. The first kappa shape index (κ1) is 29.5. The molecule has 1 heterocycles. The van der Waals surface area contributed by atoms with Crippen LogP contribution in [0.3, 0.4) is 0 Å². The molecule has 0 bridgehead atoms. The van der Waals surface area contributed by atoms with Gasteiger partial charge in [0.2, 0.25) is 0 Å². The lowest BCUT2D eigenvalue weighted by Crippen LogP contribution is -1.94. The van der Waals surface area contributed by atoms with Crippen LogP contribution in [0.25, 0.3) is 93.2 Å². The Kier molecular flexibility index (Phi) is 6.69. The van der Waals surface area contributed by atoms with Crippen LogP contribution in [0.1, 0.15) is 11.1 Å². The molecule has 0 N–H and O–H groups in total. The fraction of sp³-hybridized carbons (Fsp3) is 0.0400. The molecular weight excluding hydrogens is 615 g/mol. The summed E-state index contributed by atoms with van der Waals surface area (Å²) in [6, 6.07) is 64.8. The van der Waals surface area contributed by atoms with Crippen molar-refractivity contribution in [3.05, 3.63) is 187 Å². The number of benzene rings is 9. The van der Waals surface area contributed by atoms with Gasteiger partial charge in [0.05, 0.1) is 11.0 Å². The van der Waals surface area contributed by atoms with Gasteiger partial charge in [-0.25, -0.2) is 0 Å². The Labute approximate surface area is 297 Å². The van der Waals surface area contributed by atoms with E-state index in [1.807, 2.05) is 0 Å². The van der Waals surface area contributed by atoms with Crippen molar-refractivity contribution < 1.29 is 0 Å². The highest BCUT2D eigenvalue weighted by molar-refractivity contribution is 6.25. The van der Waals surface area contributed by atoms with E-state index in [0.29, 0.717) is 0 Å². The lowest BCUT2D eigenvalue weighted by atomic mass is 9.86. The van der Waals surface area contributed by atoms with E-state index in [9.17, 15) is 0 Å².